The van der Waals surface area contributed by atoms with Gasteiger partial charge in [0.1, 0.15) is 5.82 Å². The molecule has 0 aliphatic carbocycles. The number of aromatic nitrogens is 2. The molecule has 2 heterocycles. The standard InChI is InChI=1S/C23H22F3N3O/c1-2-15-3-5-16(6-4-15)13-29-12-11-20-19(14-29)22(30)28-21(27-20)17-7-9-18(10-8-17)23(24,25)26/h3-10H,2,11-14H2,1H3,(H,27,28,30). The van der Waals surface area contributed by atoms with Crippen LogP contribution in [0, 0.1) is 0 Å². The van der Waals surface area contributed by atoms with Crippen molar-refractivity contribution in [2.45, 2.75) is 39.0 Å². The monoisotopic (exact) mass is 413 g/mol. The molecule has 0 fully saturated rings. The number of alkyl halides is 3. The lowest BCUT2D eigenvalue weighted by atomic mass is 10.0. The molecule has 7 heteroatoms. The Morgan fingerprint density at radius 1 is 1.03 bits per heavy atom. The van der Waals surface area contributed by atoms with Gasteiger partial charge in [0.25, 0.3) is 5.56 Å². The molecule has 0 amide bonds. The third-order valence-electron chi connectivity index (χ3n) is 5.47. The lowest BCUT2D eigenvalue weighted by molar-refractivity contribution is -0.137. The number of H-pyrrole nitrogens is 1. The quantitative estimate of drug-likeness (QED) is 0.681. The molecule has 4 nitrogen and oxygen atoms in total. The first-order chi connectivity index (χ1) is 14.3. The van der Waals surface area contributed by atoms with Crippen LogP contribution < -0.4 is 5.56 Å². The van der Waals surface area contributed by atoms with Gasteiger partial charge in [0.15, 0.2) is 0 Å². The smallest absolute Gasteiger partial charge is 0.306 e. The molecule has 0 atom stereocenters. The first-order valence-electron chi connectivity index (χ1n) is 9.93. The predicted octanol–water partition coefficient (Wildman–Crippen LogP) is 4.58. The van der Waals surface area contributed by atoms with Crippen molar-refractivity contribution in [3.05, 3.63) is 86.8 Å². The highest BCUT2D eigenvalue weighted by atomic mass is 19.4. The summed E-state index contributed by atoms with van der Waals surface area (Å²) in [6, 6.07) is 13.1. The number of hydrogen-bond acceptors (Lipinski definition) is 3. The van der Waals surface area contributed by atoms with Crippen LogP contribution >= 0.6 is 0 Å². The summed E-state index contributed by atoms with van der Waals surface area (Å²) < 4.78 is 38.3. The van der Waals surface area contributed by atoms with Crippen LogP contribution in [-0.4, -0.2) is 21.4 Å². The highest BCUT2D eigenvalue weighted by molar-refractivity contribution is 5.56. The fraction of sp³-hybridized carbons (Fsp3) is 0.304. The summed E-state index contributed by atoms with van der Waals surface area (Å²) in [4.78, 5) is 22.1. The molecule has 0 radical (unpaired) electrons. The first-order valence-corrected chi connectivity index (χ1v) is 9.93. The number of nitrogens with one attached hydrogen (secondary N) is 1. The molecule has 2 aromatic carbocycles. The Morgan fingerprint density at radius 3 is 2.33 bits per heavy atom. The van der Waals surface area contributed by atoms with Crippen molar-refractivity contribution >= 4 is 0 Å². The van der Waals surface area contributed by atoms with E-state index < -0.39 is 11.7 Å². The lowest BCUT2D eigenvalue weighted by Gasteiger charge is -2.27. The van der Waals surface area contributed by atoms with Gasteiger partial charge in [-0.2, -0.15) is 13.2 Å². The zero-order valence-corrected chi connectivity index (χ0v) is 16.6. The molecule has 0 unspecified atom stereocenters. The SMILES string of the molecule is CCc1ccc(CN2CCc3nc(-c4ccc(C(F)(F)F)cc4)[nH]c(=O)c3C2)cc1. The first kappa shape index (κ1) is 20.3. The van der Waals surface area contributed by atoms with E-state index >= 15 is 0 Å². The molecule has 1 aliphatic rings. The minimum atomic E-state index is -4.39. The van der Waals surface area contributed by atoms with Gasteiger partial charge in [-0.3, -0.25) is 9.69 Å². The van der Waals surface area contributed by atoms with E-state index in [2.05, 4.69) is 46.1 Å². The molecule has 4 rings (SSSR count). The summed E-state index contributed by atoms with van der Waals surface area (Å²) in [5, 5.41) is 0. The van der Waals surface area contributed by atoms with Crippen molar-refractivity contribution in [3.63, 3.8) is 0 Å². The fourth-order valence-corrected chi connectivity index (χ4v) is 3.71. The Morgan fingerprint density at radius 2 is 1.70 bits per heavy atom. The van der Waals surface area contributed by atoms with Crippen molar-refractivity contribution in [1.29, 1.82) is 0 Å². The highest BCUT2D eigenvalue weighted by Gasteiger charge is 2.30. The minimum Gasteiger partial charge on any atom is -0.306 e. The van der Waals surface area contributed by atoms with E-state index in [1.807, 2.05) is 0 Å². The van der Waals surface area contributed by atoms with Crippen LogP contribution in [0.15, 0.2) is 53.3 Å². The third kappa shape index (κ3) is 4.31. The van der Waals surface area contributed by atoms with Gasteiger partial charge in [-0.15, -0.1) is 0 Å². The van der Waals surface area contributed by atoms with E-state index in [0.29, 0.717) is 35.6 Å². The zero-order chi connectivity index (χ0) is 21.3. The summed E-state index contributed by atoms with van der Waals surface area (Å²) in [5.41, 5.74) is 3.32. The Labute approximate surface area is 172 Å². The van der Waals surface area contributed by atoms with E-state index in [4.69, 9.17) is 0 Å². The van der Waals surface area contributed by atoms with Gasteiger partial charge >= 0.3 is 6.18 Å². The predicted molar refractivity (Wildman–Crippen MR) is 109 cm³/mol. The molecular formula is C23H22F3N3O. The van der Waals surface area contributed by atoms with Gasteiger partial charge in [0.2, 0.25) is 0 Å². The largest absolute Gasteiger partial charge is 0.416 e. The van der Waals surface area contributed by atoms with E-state index in [1.165, 1.54) is 23.3 Å². The van der Waals surface area contributed by atoms with E-state index in [0.717, 1.165) is 31.6 Å². The zero-order valence-electron chi connectivity index (χ0n) is 16.6. The Hall–Kier alpha value is -2.93. The number of rotatable bonds is 4. The molecule has 0 saturated heterocycles. The van der Waals surface area contributed by atoms with Crippen LogP contribution in [0.1, 0.15) is 34.9 Å². The summed E-state index contributed by atoms with van der Waals surface area (Å²) in [5.74, 6) is 0.302. The van der Waals surface area contributed by atoms with Crippen LogP contribution in [0.5, 0.6) is 0 Å². The minimum absolute atomic E-state index is 0.235. The molecule has 0 saturated carbocycles. The maximum absolute atomic E-state index is 12.8. The second kappa shape index (κ2) is 8.07. The number of benzene rings is 2. The van der Waals surface area contributed by atoms with Crippen LogP contribution in [0.2, 0.25) is 0 Å². The molecule has 156 valence electrons. The topological polar surface area (TPSA) is 49.0 Å². The van der Waals surface area contributed by atoms with Crippen molar-refractivity contribution < 1.29 is 13.2 Å². The van der Waals surface area contributed by atoms with Crippen molar-refractivity contribution in [2.75, 3.05) is 6.54 Å². The normalized spacial score (nSPS) is 14.5. The van der Waals surface area contributed by atoms with Crippen molar-refractivity contribution in [3.8, 4) is 11.4 Å². The van der Waals surface area contributed by atoms with Crippen molar-refractivity contribution in [2.24, 2.45) is 0 Å². The van der Waals surface area contributed by atoms with E-state index in [-0.39, 0.29) is 5.56 Å². The van der Waals surface area contributed by atoms with Gasteiger partial charge in [-0.1, -0.05) is 43.3 Å². The van der Waals surface area contributed by atoms with Crippen LogP contribution in [0.3, 0.4) is 0 Å². The van der Waals surface area contributed by atoms with Crippen LogP contribution in [0.25, 0.3) is 11.4 Å². The van der Waals surface area contributed by atoms with Crippen molar-refractivity contribution in [1.82, 2.24) is 14.9 Å². The highest BCUT2D eigenvalue weighted by Crippen LogP contribution is 2.30. The molecule has 0 bridgehead atoms. The lowest BCUT2D eigenvalue weighted by Crippen LogP contribution is -2.35. The second-order valence-electron chi connectivity index (χ2n) is 7.55. The number of fused-ring (bicyclic) bond motifs is 1. The summed E-state index contributed by atoms with van der Waals surface area (Å²) in [6.07, 6.45) is -2.77. The van der Waals surface area contributed by atoms with Gasteiger partial charge in [0, 0.05) is 31.6 Å². The van der Waals surface area contributed by atoms with E-state index in [1.54, 1.807) is 0 Å². The second-order valence-corrected chi connectivity index (χ2v) is 7.55. The molecule has 1 N–H and O–H groups in total. The Bertz CT molecular complexity index is 1090. The molecule has 0 spiro atoms. The van der Waals surface area contributed by atoms with E-state index in [9.17, 15) is 18.0 Å². The summed E-state index contributed by atoms with van der Waals surface area (Å²) in [6.45, 7) is 4.14. The van der Waals surface area contributed by atoms with Gasteiger partial charge in [-0.25, -0.2) is 4.98 Å². The third-order valence-corrected chi connectivity index (χ3v) is 5.47. The number of hydrogen-bond donors (Lipinski definition) is 1. The van der Waals surface area contributed by atoms with Crippen LogP contribution in [-0.2, 0) is 32.1 Å². The molecular weight excluding hydrogens is 391 g/mol. The van der Waals surface area contributed by atoms with Gasteiger partial charge < -0.3 is 4.98 Å². The maximum atomic E-state index is 12.8. The average Bonchev–Trinajstić information content (AvgIpc) is 2.74. The molecule has 3 aromatic rings. The Kier molecular flexibility index (Phi) is 5.47. The van der Waals surface area contributed by atoms with Crippen LogP contribution in [0.4, 0.5) is 13.2 Å². The average molecular weight is 413 g/mol. The molecule has 1 aliphatic heterocycles. The van der Waals surface area contributed by atoms with Gasteiger partial charge in [-0.05, 0) is 29.7 Å². The number of aryl methyl sites for hydroxylation is 1. The maximum Gasteiger partial charge on any atom is 0.416 e. The van der Waals surface area contributed by atoms with Gasteiger partial charge in [0.05, 0.1) is 16.8 Å². The number of aromatic amines is 1. The molecule has 30 heavy (non-hydrogen) atoms. The summed E-state index contributed by atoms with van der Waals surface area (Å²) >= 11 is 0. The Balaban J connectivity index is 1.53. The molecule has 1 aromatic heterocycles. The number of nitrogens with zero attached hydrogens (tertiary/aromatic N) is 2. The number of halogens is 3. The summed E-state index contributed by atoms with van der Waals surface area (Å²) in [7, 11) is 0. The fourth-order valence-electron chi connectivity index (χ4n) is 3.71.